The monoisotopic (exact) mass is 446 g/mol. The van der Waals surface area contributed by atoms with E-state index in [9.17, 15) is 18.9 Å². The van der Waals surface area contributed by atoms with Crippen LogP contribution in [0.5, 0.6) is 0 Å². The molecule has 0 bridgehead atoms. The molecule has 28 heavy (non-hydrogen) atoms. The summed E-state index contributed by atoms with van der Waals surface area (Å²) in [5.74, 6) is 0. The third-order valence-electron chi connectivity index (χ3n) is 5.57. The number of aliphatic hydroxyl groups is 2. The minimum absolute atomic E-state index is 0.0440. The summed E-state index contributed by atoms with van der Waals surface area (Å²) in [5, 5.41) is 16.5. The molecule has 0 aliphatic rings. The lowest BCUT2D eigenvalue weighted by Crippen LogP contribution is -2.11. The molecule has 5 atom stereocenters. The zero-order valence-corrected chi connectivity index (χ0v) is 21.4. The van der Waals surface area contributed by atoms with E-state index in [0.29, 0.717) is 6.42 Å². The number of rotatable bonds is 10. The van der Waals surface area contributed by atoms with Crippen LogP contribution < -0.4 is 0 Å². The average Bonchev–Trinajstić information content (AvgIpc) is 2.70. The van der Waals surface area contributed by atoms with Crippen molar-refractivity contribution in [1.82, 2.24) is 0 Å². The first kappa shape index (κ1) is 33.0. The fourth-order valence-corrected chi connectivity index (χ4v) is 5.87. The van der Waals surface area contributed by atoms with Gasteiger partial charge in [-0.1, -0.05) is 62.3 Å². The van der Waals surface area contributed by atoms with E-state index >= 15 is 0 Å². The van der Waals surface area contributed by atoms with Gasteiger partial charge in [-0.25, -0.2) is 0 Å². The van der Waals surface area contributed by atoms with Gasteiger partial charge in [0, 0.05) is 22.6 Å². The van der Waals surface area contributed by atoms with Gasteiger partial charge in [0.1, 0.15) is 0 Å². The molecule has 0 spiro atoms. The predicted octanol–water partition coefficient (Wildman–Crippen LogP) is 5.46. The van der Waals surface area contributed by atoms with Gasteiger partial charge in [0.25, 0.3) is 0 Å². The third-order valence-corrected chi connectivity index (χ3v) is 12.1. The Morgan fingerprint density at radius 3 is 0.893 bits per heavy atom. The van der Waals surface area contributed by atoms with Crippen molar-refractivity contribution in [2.24, 2.45) is 0 Å². The van der Waals surface area contributed by atoms with Gasteiger partial charge >= 0.3 is 0 Å². The Morgan fingerprint density at radius 1 is 0.607 bits per heavy atom. The summed E-state index contributed by atoms with van der Waals surface area (Å²) in [7, 11) is -5.75. The van der Waals surface area contributed by atoms with Crippen molar-refractivity contribution in [3.63, 3.8) is 0 Å². The first-order valence-corrected chi connectivity index (χ1v) is 14.3. The number of hydrogen-bond acceptors (Lipinski definition) is 4. The Bertz CT molecular complexity index is 390. The smallest absolute Gasteiger partial charge is 0.206 e. The molecule has 4 N–H and O–H groups in total. The van der Waals surface area contributed by atoms with Crippen molar-refractivity contribution in [3.8, 4) is 0 Å². The van der Waals surface area contributed by atoms with Crippen LogP contribution in [-0.4, -0.2) is 55.3 Å². The highest BCUT2D eigenvalue weighted by atomic mass is 31.2. The van der Waals surface area contributed by atoms with E-state index in [0.717, 1.165) is 25.7 Å². The molecule has 0 aromatic carbocycles. The van der Waals surface area contributed by atoms with Gasteiger partial charge in [-0.3, -0.25) is 9.13 Å². The lowest BCUT2D eigenvalue weighted by molar-refractivity contribution is 0.0923. The van der Waals surface area contributed by atoms with Crippen LogP contribution >= 0.6 is 14.7 Å². The molecule has 174 valence electrons. The van der Waals surface area contributed by atoms with Crippen molar-refractivity contribution in [3.05, 3.63) is 0 Å². The largest absolute Gasteiger partial charge is 0.394 e. The summed E-state index contributed by atoms with van der Waals surface area (Å²) >= 11 is 0. The topological polar surface area (TPSA) is 115 Å². The van der Waals surface area contributed by atoms with Crippen molar-refractivity contribution >= 4 is 14.7 Å². The molecule has 0 aromatic heterocycles. The minimum Gasteiger partial charge on any atom is -0.394 e. The average molecular weight is 447 g/mol. The maximum Gasteiger partial charge on any atom is 0.206 e. The molecule has 5 unspecified atom stereocenters. The van der Waals surface area contributed by atoms with E-state index in [1.54, 1.807) is 0 Å². The third kappa shape index (κ3) is 12.8. The van der Waals surface area contributed by atoms with Crippen molar-refractivity contribution in [2.45, 2.75) is 123 Å². The van der Waals surface area contributed by atoms with Gasteiger partial charge in [0.05, 0.1) is 12.7 Å². The Kier molecular flexibility index (Phi) is 20.0. The van der Waals surface area contributed by atoms with Crippen LogP contribution in [0.4, 0.5) is 0 Å². The van der Waals surface area contributed by atoms with Crippen LogP contribution in [0.25, 0.3) is 0 Å². The molecular formula is C20H48O6P2. The van der Waals surface area contributed by atoms with E-state index in [2.05, 4.69) is 0 Å². The van der Waals surface area contributed by atoms with Crippen LogP contribution in [0.15, 0.2) is 0 Å². The molecule has 8 heteroatoms. The van der Waals surface area contributed by atoms with Gasteiger partial charge in [0.2, 0.25) is 14.7 Å². The van der Waals surface area contributed by atoms with Gasteiger partial charge < -0.3 is 20.0 Å². The van der Waals surface area contributed by atoms with Crippen LogP contribution in [0.1, 0.15) is 94.4 Å². The van der Waals surface area contributed by atoms with Gasteiger partial charge in [-0.2, -0.15) is 0 Å². The second kappa shape index (κ2) is 17.0. The summed E-state index contributed by atoms with van der Waals surface area (Å²) in [6.07, 6.45) is 3.29. The Morgan fingerprint density at radius 2 is 0.821 bits per heavy atom. The summed E-state index contributed by atoms with van der Waals surface area (Å²) in [6, 6.07) is 0. The molecule has 0 saturated carbocycles. The Hall–Kier alpha value is 0.300. The SMILES string of the molecule is CCC(C)P(=O)(O)C(C)CC.CCC(C)P(=O)(O)C(C)CC.CCC(O)CO. The fourth-order valence-electron chi connectivity index (χ4n) is 2.04. The first-order valence-electron chi connectivity index (χ1n) is 10.7. The minimum atomic E-state index is -2.87. The molecule has 0 saturated heterocycles. The van der Waals surface area contributed by atoms with Crippen LogP contribution in [0.2, 0.25) is 0 Å². The van der Waals surface area contributed by atoms with E-state index in [1.807, 2.05) is 62.3 Å². The first-order chi connectivity index (χ1) is 12.7. The molecule has 0 fully saturated rings. The van der Waals surface area contributed by atoms with Gasteiger partial charge in [-0.15, -0.1) is 0 Å². The van der Waals surface area contributed by atoms with E-state index in [4.69, 9.17) is 10.2 Å². The van der Waals surface area contributed by atoms with E-state index < -0.39 is 20.8 Å². The zero-order chi connectivity index (χ0) is 23.1. The Labute approximate surface area is 174 Å². The molecule has 0 heterocycles. The van der Waals surface area contributed by atoms with Crippen LogP contribution in [0.3, 0.4) is 0 Å². The van der Waals surface area contributed by atoms with Crippen LogP contribution in [-0.2, 0) is 9.13 Å². The normalized spacial score (nSPS) is 20.6. The predicted molar refractivity (Wildman–Crippen MR) is 122 cm³/mol. The van der Waals surface area contributed by atoms with Crippen molar-refractivity contribution in [2.75, 3.05) is 6.61 Å². The fraction of sp³-hybridized carbons (Fsp3) is 1.00. The molecule has 0 aliphatic heterocycles. The lowest BCUT2D eigenvalue weighted by Gasteiger charge is -2.23. The molecular weight excluding hydrogens is 398 g/mol. The second-order valence-corrected chi connectivity index (χ2v) is 13.8. The summed E-state index contributed by atoms with van der Waals surface area (Å²) in [4.78, 5) is 19.2. The van der Waals surface area contributed by atoms with E-state index in [-0.39, 0.29) is 29.2 Å². The standard InChI is InChI=1S/2C8H19O2P.C4H10O2/c2*1-5-7(3)11(9,10)8(4)6-2;1-2-4(6)3-5/h2*7-8H,5-6H2,1-4H3,(H,9,10);4-6H,2-3H2,1H3. The summed E-state index contributed by atoms with van der Waals surface area (Å²) in [5.41, 5.74) is -0.176. The number of hydrogen-bond donors (Lipinski definition) is 4. The highest BCUT2D eigenvalue weighted by Gasteiger charge is 2.31. The van der Waals surface area contributed by atoms with Gasteiger partial charge in [-0.05, 0) is 32.1 Å². The molecule has 0 amide bonds. The summed E-state index contributed by atoms with van der Waals surface area (Å²) < 4.78 is 23.3. The van der Waals surface area contributed by atoms with Gasteiger partial charge in [0.15, 0.2) is 0 Å². The highest BCUT2D eigenvalue weighted by molar-refractivity contribution is 7.59. The maximum atomic E-state index is 11.6. The Balaban J connectivity index is -0.000000351. The van der Waals surface area contributed by atoms with Crippen molar-refractivity contribution in [1.29, 1.82) is 0 Å². The second-order valence-electron chi connectivity index (χ2n) is 7.62. The lowest BCUT2D eigenvalue weighted by atomic mass is 10.3. The highest BCUT2D eigenvalue weighted by Crippen LogP contribution is 2.53. The quantitative estimate of drug-likeness (QED) is 0.331. The molecule has 0 rings (SSSR count). The zero-order valence-electron chi connectivity index (χ0n) is 19.6. The summed E-state index contributed by atoms with van der Waals surface area (Å²) in [6.45, 7) is 16.9. The molecule has 0 radical (unpaired) electrons. The van der Waals surface area contributed by atoms with E-state index in [1.165, 1.54) is 0 Å². The maximum absolute atomic E-state index is 11.6. The van der Waals surface area contributed by atoms with Crippen molar-refractivity contribution < 1.29 is 29.1 Å². The molecule has 0 aliphatic carbocycles. The number of aliphatic hydroxyl groups excluding tert-OH is 2. The molecule has 6 nitrogen and oxygen atoms in total. The molecule has 0 aromatic rings. The van der Waals surface area contributed by atoms with Crippen LogP contribution in [0, 0.1) is 0 Å².